The summed E-state index contributed by atoms with van der Waals surface area (Å²) >= 11 is 0. The van der Waals surface area contributed by atoms with Gasteiger partial charge in [-0.1, -0.05) is 24.8 Å². The molecular formula is C20H24N2O3. The topological polar surface area (TPSA) is 66.5 Å². The Balaban J connectivity index is 1.68. The third-order valence-corrected chi connectivity index (χ3v) is 5.54. The second-order valence-corrected chi connectivity index (χ2v) is 6.93. The maximum atomic E-state index is 12.9. The van der Waals surface area contributed by atoms with E-state index in [0.29, 0.717) is 37.4 Å². The fraction of sp³-hybridized carbons (Fsp3) is 0.450. The van der Waals surface area contributed by atoms with E-state index in [2.05, 4.69) is 11.9 Å². The molecule has 1 saturated heterocycles. The second kappa shape index (κ2) is 7.21. The monoisotopic (exact) mass is 340 g/mol. The van der Waals surface area contributed by atoms with E-state index in [9.17, 15) is 14.4 Å². The quantitative estimate of drug-likeness (QED) is 0.856. The van der Waals surface area contributed by atoms with Crippen LogP contribution in [-0.4, -0.2) is 35.6 Å². The van der Waals surface area contributed by atoms with Crippen molar-refractivity contribution in [1.82, 2.24) is 10.2 Å². The Morgan fingerprint density at radius 2 is 1.92 bits per heavy atom. The molecule has 1 aliphatic carbocycles. The van der Waals surface area contributed by atoms with Gasteiger partial charge >= 0.3 is 0 Å². The van der Waals surface area contributed by atoms with Gasteiger partial charge in [0.15, 0.2) is 0 Å². The molecule has 0 radical (unpaired) electrons. The lowest BCUT2D eigenvalue weighted by Gasteiger charge is -2.38. The minimum Gasteiger partial charge on any atom is -0.348 e. The zero-order chi connectivity index (χ0) is 17.9. The summed E-state index contributed by atoms with van der Waals surface area (Å²) in [5.74, 6) is 0.0952. The molecule has 0 bridgehead atoms. The highest BCUT2D eigenvalue weighted by Crippen LogP contribution is 2.43. The molecule has 1 aliphatic heterocycles. The van der Waals surface area contributed by atoms with Crippen molar-refractivity contribution in [3.05, 3.63) is 48.0 Å². The molecule has 1 aromatic carbocycles. The summed E-state index contributed by atoms with van der Waals surface area (Å²) in [6.45, 7) is 4.97. The molecule has 132 valence electrons. The summed E-state index contributed by atoms with van der Waals surface area (Å²) in [4.78, 5) is 38.3. The maximum absolute atomic E-state index is 12.9. The van der Waals surface area contributed by atoms with Crippen LogP contribution in [0.25, 0.3) is 0 Å². The molecule has 0 unspecified atom stereocenters. The van der Waals surface area contributed by atoms with Gasteiger partial charge in [-0.05, 0) is 43.4 Å². The van der Waals surface area contributed by atoms with Crippen molar-refractivity contribution in [1.29, 1.82) is 0 Å². The van der Waals surface area contributed by atoms with Crippen LogP contribution in [0.4, 0.5) is 0 Å². The van der Waals surface area contributed by atoms with Gasteiger partial charge in [-0.2, -0.15) is 0 Å². The molecule has 0 atom stereocenters. The summed E-state index contributed by atoms with van der Waals surface area (Å²) in [5, 5.41) is 2.72. The molecule has 25 heavy (non-hydrogen) atoms. The van der Waals surface area contributed by atoms with Gasteiger partial charge in [0.05, 0.1) is 0 Å². The highest BCUT2D eigenvalue weighted by atomic mass is 16.2. The molecule has 1 N–H and O–H groups in total. The molecule has 5 nitrogen and oxygen atoms in total. The minimum atomic E-state index is -0.262. The number of hydrogen-bond donors (Lipinski definition) is 1. The average molecular weight is 340 g/mol. The Labute approximate surface area is 148 Å². The molecule has 1 spiro atoms. The average Bonchev–Trinajstić information content (AvgIpc) is 3.00. The second-order valence-electron chi connectivity index (χ2n) is 6.93. The first-order valence-corrected chi connectivity index (χ1v) is 8.86. The van der Waals surface area contributed by atoms with Crippen molar-refractivity contribution < 1.29 is 14.4 Å². The number of hydrogen-bond acceptors (Lipinski definition) is 3. The van der Waals surface area contributed by atoms with Gasteiger partial charge in [0.25, 0.3) is 5.91 Å². The summed E-state index contributed by atoms with van der Waals surface area (Å²) in [6.07, 6.45) is 5.41. The molecule has 5 heteroatoms. The Bertz CT molecular complexity index is 703. The first kappa shape index (κ1) is 17.4. The van der Waals surface area contributed by atoms with Gasteiger partial charge in [-0.15, -0.1) is 0 Å². The number of rotatable bonds is 4. The molecule has 2 amide bonds. The first-order chi connectivity index (χ1) is 12.1. The standard InChI is InChI=1S/C20H24N2O3/c1-2-18(24)21-14-15-6-3-4-7-16(15)19(25)22-12-10-20(11-13-22)9-5-8-17(20)23/h2-4,6-7H,1,5,8-14H2,(H,21,24). The summed E-state index contributed by atoms with van der Waals surface area (Å²) < 4.78 is 0. The lowest BCUT2D eigenvalue weighted by molar-refractivity contribution is -0.128. The number of Topliss-reactive ketones (excluding diaryl/α,β-unsaturated/α-hetero) is 1. The molecule has 2 aliphatic rings. The number of nitrogens with zero attached hydrogens (tertiary/aromatic N) is 1. The van der Waals surface area contributed by atoms with Crippen LogP contribution < -0.4 is 5.32 Å². The molecule has 2 fully saturated rings. The third kappa shape index (κ3) is 3.50. The van der Waals surface area contributed by atoms with Crippen molar-refractivity contribution >= 4 is 17.6 Å². The molecule has 1 heterocycles. The Kier molecular flexibility index (Phi) is 5.02. The van der Waals surface area contributed by atoms with Crippen molar-refractivity contribution in [3.63, 3.8) is 0 Å². The predicted molar refractivity (Wildman–Crippen MR) is 94.9 cm³/mol. The number of piperidine rings is 1. The van der Waals surface area contributed by atoms with Crippen LogP contribution in [0.5, 0.6) is 0 Å². The third-order valence-electron chi connectivity index (χ3n) is 5.54. The number of ketones is 1. The van der Waals surface area contributed by atoms with Crippen molar-refractivity contribution in [2.45, 2.75) is 38.6 Å². The van der Waals surface area contributed by atoms with Crippen molar-refractivity contribution in [3.8, 4) is 0 Å². The fourth-order valence-electron chi connectivity index (χ4n) is 3.97. The van der Waals surface area contributed by atoms with Crippen LogP contribution in [0.3, 0.4) is 0 Å². The van der Waals surface area contributed by atoms with E-state index in [1.165, 1.54) is 6.08 Å². The highest BCUT2D eigenvalue weighted by Gasteiger charge is 2.44. The highest BCUT2D eigenvalue weighted by molar-refractivity contribution is 5.96. The Morgan fingerprint density at radius 1 is 1.20 bits per heavy atom. The van der Waals surface area contributed by atoms with E-state index in [0.717, 1.165) is 31.2 Å². The van der Waals surface area contributed by atoms with Gasteiger partial charge in [0, 0.05) is 37.0 Å². The zero-order valence-corrected chi connectivity index (χ0v) is 14.4. The summed E-state index contributed by atoms with van der Waals surface area (Å²) in [6, 6.07) is 7.33. The Hall–Kier alpha value is -2.43. The van der Waals surface area contributed by atoms with Crippen LogP contribution in [0.15, 0.2) is 36.9 Å². The van der Waals surface area contributed by atoms with Crippen LogP contribution in [0.2, 0.25) is 0 Å². The molecule has 1 saturated carbocycles. The van der Waals surface area contributed by atoms with E-state index in [1.807, 2.05) is 23.1 Å². The lowest BCUT2D eigenvalue weighted by atomic mass is 9.76. The predicted octanol–water partition coefficient (Wildman–Crippen LogP) is 2.46. The fourth-order valence-corrected chi connectivity index (χ4v) is 3.97. The molecular weight excluding hydrogens is 316 g/mol. The minimum absolute atomic E-state index is 0.0243. The van der Waals surface area contributed by atoms with E-state index >= 15 is 0 Å². The van der Waals surface area contributed by atoms with Crippen LogP contribution in [0, 0.1) is 5.41 Å². The van der Waals surface area contributed by atoms with Crippen LogP contribution >= 0.6 is 0 Å². The van der Waals surface area contributed by atoms with Gasteiger partial charge in [-0.25, -0.2) is 0 Å². The van der Waals surface area contributed by atoms with Crippen molar-refractivity contribution in [2.75, 3.05) is 13.1 Å². The lowest BCUT2D eigenvalue weighted by Crippen LogP contribution is -2.45. The van der Waals surface area contributed by atoms with E-state index in [1.54, 1.807) is 6.07 Å². The Morgan fingerprint density at radius 3 is 2.56 bits per heavy atom. The number of carbonyl (C=O) groups is 3. The SMILES string of the molecule is C=CC(=O)NCc1ccccc1C(=O)N1CCC2(CCCC2=O)CC1. The van der Waals surface area contributed by atoms with E-state index < -0.39 is 0 Å². The van der Waals surface area contributed by atoms with Gasteiger partial charge < -0.3 is 10.2 Å². The number of nitrogens with one attached hydrogen (secondary N) is 1. The maximum Gasteiger partial charge on any atom is 0.254 e. The number of carbonyl (C=O) groups excluding carboxylic acids is 3. The molecule has 1 aromatic rings. The first-order valence-electron chi connectivity index (χ1n) is 8.86. The van der Waals surface area contributed by atoms with E-state index in [4.69, 9.17) is 0 Å². The summed E-state index contributed by atoms with van der Waals surface area (Å²) in [7, 11) is 0. The van der Waals surface area contributed by atoms with Gasteiger partial charge in [0.1, 0.15) is 5.78 Å². The largest absolute Gasteiger partial charge is 0.348 e. The smallest absolute Gasteiger partial charge is 0.254 e. The van der Waals surface area contributed by atoms with E-state index in [-0.39, 0.29) is 17.2 Å². The molecule has 0 aromatic heterocycles. The number of likely N-dealkylation sites (tertiary alicyclic amines) is 1. The zero-order valence-electron chi connectivity index (χ0n) is 14.4. The number of benzene rings is 1. The number of amides is 2. The molecule has 3 rings (SSSR count). The summed E-state index contributed by atoms with van der Waals surface area (Å²) in [5.41, 5.74) is 1.23. The van der Waals surface area contributed by atoms with Crippen LogP contribution in [-0.2, 0) is 16.1 Å². The van der Waals surface area contributed by atoms with Gasteiger partial charge in [-0.3, -0.25) is 14.4 Å². The normalized spacial score (nSPS) is 19.0. The van der Waals surface area contributed by atoms with Gasteiger partial charge in [0.2, 0.25) is 5.91 Å². The van der Waals surface area contributed by atoms with Crippen molar-refractivity contribution in [2.24, 2.45) is 5.41 Å². The van der Waals surface area contributed by atoms with Crippen LogP contribution in [0.1, 0.15) is 48.0 Å².